The van der Waals surface area contributed by atoms with Crippen LogP contribution in [0, 0.1) is 0 Å². The van der Waals surface area contributed by atoms with Gasteiger partial charge in [-0.15, -0.1) is 0 Å². The summed E-state index contributed by atoms with van der Waals surface area (Å²) in [5.41, 5.74) is 5.99. The number of amides is 1. The van der Waals surface area contributed by atoms with Crippen molar-refractivity contribution >= 4 is 21.6 Å². The van der Waals surface area contributed by atoms with Gasteiger partial charge in [-0.2, -0.15) is 0 Å². The molecule has 0 aliphatic heterocycles. The number of benzene rings is 1. The van der Waals surface area contributed by atoms with Crippen molar-refractivity contribution in [1.29, 1.82) is 0 Å². The highest BCUT2D eigenvalue weighted by Gasteiger charge is 2.28. The van der Waals surface area contributed by atoms with E-state index in [1.165, 1.54) is 19.2 Å². The molecule has 7 nitrogen and oxygen atoms in total. The average molecular weight is 313 g/mol. The van der Waals surface area contributed by atoms with Crippen molar-refractivity contribution < 1.29 is 17.9 Å². The van der Waals surface area contributed by atoms with E-state index in [1.807, 2.05) is 0 Å². The molecule has 116 valence electrons. The van der Waals surface area contributed by atoms with Crippen molar-refractivity contribution in [3.8, 4) is 0 Å². The Labute approximate surface area is 123 Å². The first-order valence-electron chi connectivity index (χ1n) is 6.60. The summed E-state index contributed by atoms with van der Waals surface area (Å²) in [4.78, 5) is 11.9. The minimum absolute atomic E-state index is 0.0309. The number of ether oxygens (including phenoxy) is 1. The van der Waals surface area contributed by atoms with E-state index in [0.717, 1.165) is 12.8 Å². The molecular formula is C13H19N3O4S. The van der Waals surface area contributed by atoms with Crippen LogP contribution in [0.15, 0.2) is 29.2 Å². The standard InChI is InChI=1S/C13H19N3O4S/c1-20-8-12(14)13(17)15-10-3-2-4-11(7-10)21(18,19)16-9-5-6-9/h2-4,7,9,12,16H,5-6,8,14H2,1H3,(H,15,17). The van der Waals surface area contributed by atoms with Crippen LogP contribution in [0.5, 0.6) is 0 Å². The molecule has 21 heavy (non-hydrogen) atoms. The van der Waals surface area contributed by atoms with Gasteiger partial charge >= 0.3 is 0 Å². The van der Waals surface area contributed by atoms with E-state index in [-0.39, 0.29) is 17.5 Å². The average Bonchev–Trinajstić information content (AvgIpc) is 3.22. The molecule has 1 unspecified atom stereocenters. The highest BCUT2D eigenvalue weighted by Crippen LogP contribution is 2.23. The summed E-state index contributed by atoms with van der Waals surface area (Å²) < 4.78 is 31.6. The number of anilines is 1. The second-order valence-corrected chi connectivity index (χ2v) is 6.69. The summed E-state index contributed by atoms with van der Waals surface area (Å²) in [6.45, 7) is 0.0903. The molecule has 0 saturated heterocycles. The molecule has 0 radical (unpaired) electrons. The smallest absolute Gasteiger partial charge is 0.243 e. The lowest BCUT2D eigenvalue weighted by Crippen LogP contribution is -2.39. The summed E-state index contributed by atoms with van der Waals surface area (Å²) in [7, 11) is -2.09. The zero-order valence-corrected chi connectivity index (χ0v) is 12.5. The minimum Gasteiger partial charge on any atom is -0.383 e. The minimum atomic E-state index is -3.54. The molecule has 1 aliphatic carbocycles. The maximum absolute atomic E-state index is 12.1. The van der Waals surface area contributed by atoms with Crippen molar-refractivity contribution in [2.24, 2.45) is 5.73 Å². The molecule has 0 heterocycles. The van der Waals surface area contributed by atoms with Crippen LogP contribution in [0.3, 0.4) is 0 Å². The Bertz CT molecular complexity index is 614. The Balaban J connectivity index is 2.08. The summed E-state index contributed by atoms with van der Waals surface area (Å²) in [6.07, 6.45) is 1.73. The summed E-state index contributed by atoms with van der Waals surface area (Å²) in [5, 5.41) is 2.57. The van der Waals surface area contributed by atoms with Gasteiger partial charge in [-0.25, -0.2) is 13.1 Å². The van der Waals surface area contributed by atoms with E-state index >= 15 is 0 Å². The van der Waals surface area contributed by atoms with E-state index < -0.39 is 22.0 Å². The Morgan fingerprint density at radius 3 is 2.81 bits per heavy atom. The molecule has 2 rings (SSSR count). The lowest BCUT2D eigenvalue weighted by molar-refractivity contribution is -0.118. The monoisotopic (exact) mass is 313 g/mol. The predicted molar refractivity (Wildman–Crippen MR) is 78.3 cm³/mol. The summed E-state index contributed by atoms with van der Waals surface area (Å²) in [5.74, 6) is -0.429. The van der Waals surface area contributed by atoms with E-state index in [2.05, 4.69) is 10.0 Å². The number of hydrogen-bond donors (Lipinski definition) is 3. The van der Waals surface area contributed by atoms with Crippen LogP contribution in [-0.2, 0) is 19.6 Å². The van der Waals surface area contributed by atoms with Gasteiger partial charge in [0.05, 0.1) is 11.5 Å². The van der Waals surface area contributed by atoms with E-state index in [4.69, 9.17) is 10.5 Å². The molecule has 1 fully saturated rings. The normalized spacial score (nSPS) is 16.5. The first-order chi connectivity index (χ1) is 9.92. The highest BCUT2D eigenvalue weighted by atomic mass is 32.2. The fourth-order valence-electron chi connectivity index (χ4n) is 1.72. The molecule has 0 aromatic heterocycles. The zero-order chi connectivity index (χ0) is 15.5. The van der Waals surface area contributed by atoms with Crippen LogP contribution < -0.4 is 15.8 Å². The number of nitrogens with one attached hydrogen (secondary N) is 2. The van der Waals surface area contributed by atoms with Crippen LogP contribution in [0.4, 0.5) is 5.69 Å². The largest absolute Gasteiger partial charge is 0.383 e. The molecule has 1 saturated carbocycles. The summed E-state index contributed by atoms with van der Waals surface area (Å²) >= 11 is 0. The molecule has 1 aliphatic rings. The maximum atomic E-state index is 12.1. The quantitative estimate of drug-likeness (QED) is 0.658. The highest BCUT2D eigenvalue weighted by molar-refractivity contribution is 7.89. The van der Waals surface area contributed by atoms with Crippen molar-refractivity contribution in [2.45, 2.75) is 29.8 Å². The van der Waals surface area contributed by atoms with Crippen molar-refractivity contribution in [2.75, 3.05) is 19.0 Å². The van der Waals surface area contributed by atoms with Crippen molar-refractivity contribution in [3.05, 3.63) is 24.3 Å². The number of nitrogens with two attached hydrogens (primary N) is 1. The van der Waals surface area contributed by atoms with Crippen LogP contribution in [0.25, 0.3) is 0 Å². The molecule has 1 aromatic rings. The molecular weight excluding hydrogens is 294 g/mol. The van der Waals surface area contributed by atoms with Crippen LogP contribution in [-0.4, -0.2) is 40.1 Å². The molecule has 0 bridgehead atoms. The number of hydrogen-bond acceptors (Lipinski definition) is 5. The van der Waals surface area contributed by atoms with Crippen LogP contribution in [0.1, 0.15) is 12.8 Å². The van der Waals surface area contributed by atoms with Gasteiger partial charge in [-0.1, -0.05) is 6.07 Å². The van der Waals surface area contributed by atoms with Gasteiger partial charge in [-0.3, -0.25) is 4.79 Å². The van der Waals surface area contributed by atoms with Gasteiger partial charge in [0.15, 0.2) is 0 Å². The molecule has 8 heteroatoms. The third-order valence-corrected chi connectivity index (χ3v) is 4.51. The van der Waals surface area contributed by atoms with Crippen molar-refractivity contribution in [1.82, 2.24) is 4.72 Å². The Morgan fingerprint density at radius 2 is 2.19 bits per heavy atom. The molecule has 1 amide bonds. The number of carbonyl (C=O) groups is 1. The van der Waals surface area contributed by atoms with E-state index in [0.29, 0.717) is 5.69 Å². The number of carbonyl (C=O) groups excluding carboxylic acids is 1. The van der Waals surface area contributed by atoms with Gasteiger partial charge in [0.25, 0.3) is 0 Å². The third-order valence-electron chi connectivity index (χ3n) is 2.99. The molecule has 4 N–H and O–H groups in total. The fraction of sp³-hybridized carbons (Fsp3) is 0.462. The van der Waals surface area contributed by atoms with Gasteiger partial charge in [0.2, 0.25) is 15.9 Å². The maximum Gasteiger partial charge on any atom is 0.243 e. The van der Waals surface area contributed by atoms with Gasteiger partial charge in [0.1, 0.15) is 6.04 Å². The Morgan fingerprint density at radius 1 is 1.48 bits per heavy atom. The Kier molecular flexibility index (Phi) is 4.94. The fourth-order valence-corrected chi connectivity index (χ4v) is 3.07. The molecule has 1 aromatic carbocycles. The van der Waals surface area contributed by atoms with Gasteiger partial charge in [-0.05, 0) is 31.0 Å². The van der Waals surface area contributed by atoms with E-state index in [9.17, 15) is 13.2 Å². The lowest BCUT2D eigenvalue weighted by atomic mass is 10.2. The number of sulfonamides is 1. The second kappa shape index (κ2) is 6.52. The number of methoxy groups -OCH3 is 1. The number of rotatable bonds is 7. The van der Waals surface area contributed by atoms with Gasteiger partial charge < -0.3 is 15.8 Å². The molecule has 1 atom stereocenters. The summed E-state index contributed by atoms with van der Waals surface area (Å²) in [6, 6.07) is 5.28. The zero-order valence-electron chi connectivity index (χ0n) is 11.7. The molecule has 0 spiro atoms. The van der Waals surface area contributed by atoms with Crippen LogP contribution in [0.2, 0.25) is 0 Å². The lowest BCUT2D eigenvalue weighted by Gasteiger charge is -2.12. The van der Waals surface area contributed by atoms with E-state index in [1.54, 1.807) is 12.1 Å². The first kappa shape index (κ1) is 15.9. The SMILES string of the molecule is COCC(N)C(=O)Nc1cccc(S(=O)(=O)NC2CC2)c1. The second-order valence-electron chi connectivity index (χ2n) is 4.97. The van der Waals surface area contributed by atoms with Gasteiger partial charge in [0, 0.05) is 18.8 Å². The predicted octanol–water partition coefficient (Wildman–Crippen LogP) is 0.0395. The Hall–Kier alpha value is -1.48. The van der Waals surface area contributed by atoms with Crippen molar-refractivity contribution in [3.63, 3.8) is 0 Å². The topological polar surface area (TPSA) is 111 Å². The first-order valence-corrected chi connectivity index (χ1v) is 8.08. The van der Waals surface area contributed by atoms with Crippen LogP contribution >= 0.6 is 0 Å². The third kappa shape index (κ3) is 4.50.